The largest absolute Gasteiger partial charge is 0.399 e. The fraction of sp³-hybridized carbons (Fsp3) is 0.0714. The zero-order valence-corrected chi connectivity index (χ0v) is 10.6. The highest BCUT2D eigenvalue weighted by atomic mass is 35.5. The number of rotatable bonds is 1. The predicted octanol–water partition coefficient (Wildman–Crippen LogP) is 3.48. The molecule has 3 aromatic rings. The average molecular weight is 258 g/mol. The summed E-state index contributed by atoms with van der Waals surface area (Å²) in [4.78, 5) is 4.61. The third kappa shape index (κ3) is 1.73. The molecule has 0 aliphatic heterocycles. The maximum atomic E-state index is 6.01. The molecule has 0 fully saturated rings. The fourth-order valence-electron chi connectivity index (χ4n) is 2.10. The molecule has 0 unspecified atom stereocenters. The van der Waals surface area contributed by atoms with Crippen LogP contribution < -0.4 is 5.73 Å². The first-order valence-corrected chi connectivity index (χ1v) is 6.01. The number of nitrogen functional groups attached to an aromatic ring is 1. The van der Waals surface area contributed by atoms with Gasteiger partial charge >= 0.3 is 0 Å². The normalized spacial score (nSPS) is 11.0. The Morgan fingerprint density at radius 2 is 2.00 bits per heavy atom. The van der Waals surface area contributed by atoms with Crippen molar-refractivity contribution in [3.63, 3.8) is 0 Å². The smallest absolute Gasteiger partial charge is 0.140 e. The number of aryl methyl sites for hydroxylation is 1. The van der Waals surface area contributed by atoms with Gasteiger partial charge in [0.15, 0.2) is 0 Å². The summed E-state index contributed by atoms with van der Waals surface area (Å²) in [6.07, 6.45) is 0. The van der Waals surface area contributed by atoms with E-state index in [0.717, 1.165) is 28.1 Å². The lowest BCUT2D eigenvalue weighted by atomic mass is 10.2. The van der Waals surface area contributed by atoms with Gasteiger partial charge in [0.05, 0.1) is 11.0 Å². The van der Waals surface area contributed by atoms with Crippen LogP contribution in [0.25, 0.3) is 22.4 Å². The van der Waals surface area contributed by atoms with Crippen molar-refractivity contribution >= 4 is 28.3 Å². The summed E-state index contributed by atoms with van der Waals surface area (Å²) >= 11 is 6.01. The summed E-state index contributed by atoms with van der Waals surface area (Å²) in [6.45, 7) is 0. The van der Waals surface area contributed by atoms with Crippen molar-refractivity contribution in [3.8, 4) is 11.4 Å². The van der Waals surface area contributed by atoms with Crippen LogP contribution in [0.15, 0.2) is 42.5 Å². The Morgan fingerprint density at radius 3 is 2.78 bits per heavy atom. The number of hydrogen-bond acceptors (Lipinski definition) is 2. The van der Waals surface area contributed by atoms with E-state index >= 15 is 0 Å². The third-order valence-corrected chi connectivity index (χ3v) is 3.22. The van der Waals surface area contributed by atoms with Crippen LogP contribution in [-0.4, -0.2) is 9.55 Å². The molecule has 0 atom stereocenters. The summed E-state index contributed by atoms with van der Waals surface area (Å²) in [6, 6.07) is 13.4. The summed E-state index contributed by atoms with van der Waals surface area (Å²) in [7, 11) is 1.98. The van der Waals surface area contributed by atoms with Crippen LogP contribution in [0.4, 0.5) is 5.69 Å². The van der Waals surface area contributed by atoms with Crippen LogP contribution in [0.5, 0.6) is 0 Å². The predicted molar refractivity (Wildman–Crippen MR) is 75.6 cm³/mol. The number of imidazole rings is 1. The molecule has 2 N–H and O–H groups in total. The SMILES string of the molecule is Cn1c(-c2cccc(N)c2)nc2ccc(Cl)cc21. The highest BCUT2D eigenvalue weighted by Gasteiger charge is 2.10. The van der Waals surface area contributed by atoms with Crippen LogP contribution in [0.1, 0.15) is 0 Å². The van der Waals surface area contributed by atoms with E-state index in [1.54, 1.807) is 0 Å². The van der Waals surface area contributed by atoms with E-state index in [-0.39, 0.29) is 0 Å². The van der Waals surface area contributed by atoms with Gasteiger partial charge in [0.2, 0.25) is 0 Å². The highest BCUT2D eigenvalue weighted by Crippen LogP contribution is 2.26. The molecule has 0 radical (unpaired) electrons. The summed E-state index contributed by atoms with van der Waals surface area (Å²) in [5.41, 5.74) is 9.49. The molecule has 0 amide bonds. The summed E-state index contributed by atoms with van der Waals surface area (Å²) < 4.78 is 2.02. The zero-order chi connectivity index (χ0) is 12.7. The van der Waals surface area contributed by atoms with Gasteiger partial charge < -0.3 is 10.3 Å². The number of benzene rings is 2. The minimum atomic E-state index is 0.713. The van der Waals surface area contributed by atoms with Crippen LogP contribution in [0, 0.1) is 0 Å². The van der Waals surface area contributed by atoms with E-state index in [0.29, 0.717) is 5.02 Å². The van der Waals surface area contributed by atoms with Crippen molar-refractivity contribution in [2.75, 3.05) is 5.73 Å². The third-order valence-electron chi connectivity index (χ3n) is 2.99. The number of nitrogens with zero attached hydrogens (tertiary/aromatic N) is 2. The Balaban J connectivity index is 2.27. The van der Waals surface area contributed by atoms with Gasteiger partial charge in [0, 0.05) is 23.3 Å². The van der Waals surface area contributed by atoms with Crippen molar-refractivity contribution in [2.45, 2.75) is 0 Å². The van der Waals surface area contributed by atoms with Crippen molar-refractivity contribution in [2.24, 2.45) is 7.05 Å². The van der Waals surface area contributed by atoms with Gasteiger partial charge in [0.25, 0.3) is 0 Å². The van der Waals surface area contributed by atoms with Gasteiger partial charge in [0.1, 0.15) is 5.82 Å². The van der Waals surface area contributed by atoms with Crippen LogP contribution in [-0.2, 0) is 7.05 Å². The lowest BCUT2D eigenvalue weighted by Gasteiger charge is -2.03. The quantitative estimate of drug-likeness (QED) is 0.679. The molecule has 2 aromatic carbocycles. The Hall–Kier alpha value is -2.00. The molecule has 1 aromatic heterocycles. The van der Waals surface area contributed by atoms with Crippen molar-refractivity contribution < 1.29 is 0 Å². The van der Waals surface area contributed by atoms with Gasteiger partial charge in [-0.3, -0.25) is 0 Å². The van der Waals surface area contributed by atoms with E-state index in [2.05, 4.69) is 4.98 Å². The second-order valence-corrected chi connectivity index (χ2v) is 4.69. The molecular formula is C14H12ClN3. The number of anilines is 1. The molecule has 3 nitrogen and oxygen atoms in total. The number of fused-ring (bicyclic) bond motifs is 1. The standard InChI is InChI=1S/C14H12ClN3/c1-18-13-8-10(15)5-6-12(13)17-14(18)9-3-2-4-11(16)7-9/h2-8H,16H2,1H3. The second kappa shape index (κ2) is 4.03. The van der Waals surface area contributed by atoms with Crippen LogP contribution in [0.3, 0.4) is 0 Å². The maximum Gasteiger partial charge on any atom is 0.140 e. The van der Waals surface area contributed by atoms with Crippen molar-refractivity contribution in [1.82, 2.24) is 9.55 Å². The van der Waals surface area contributed by atoms with Crippen molar-refractivity contribution in [1.29, 1.82) is 0 Å². The molecule has 18 heavy (non-hydrogen) atoms. The fourth-order valence-corrected chi connectivity index (χ4v) is 2.27. The molecule has 0 spiro atoms. The molecule has 90 valence electrons. The maximum absolute atomic E-state index is 6.01. The molecule has 3 rings (SSSR count). The first-order valence-electron chi connectivity index (χ1n) is 5.63. The Labute approximate surface area is 110 Å². The van der Waals surface area contributed by atoms with Gasteiger partial charge in [-0.25, -0.2) is 4.98 Å². The average Bonchev–Trinajstić information content (AvgIpc) is 2.67. The van der Waals surface area contributed by atoms with Gasteiger partial charge in [-0.1, -0.05) is 23.7 Å². The molecule has 0 aliphatic rings. The zero-order valence-electron chi connectivity index (χ0n) is 9.89. The Kier molecular flexibility index (Phi) is 2.49. The molecule has 1 heterocycles. The van der Waals surface area contributed by atoms with E-state index < -0.39 is 0 Å². The van der Waals surface area contributed by atoms with Gasteiger partial charge in [-0.05, 0) is 30.3 Å². The minimum Gasteiger partial charge on any atom is -0.399 e. The van der Waals surface area contributed by atoms with E-state index in [1.807, 2.05) is 54.1 Å². The first-order chi connectivity index (χ1) is 8.65. The first kappa shape index (κ1) is 11.1. The molecule has 4 heteroatoms. The summed E-state index contributed by atoms with van der Waals surface area (Å²) in [5.74, 6) is 0.888. The van der Waals surface area contributed by atoms with Crippen molar-refractivity contribution in [3.05, 3.63) is 47.5 Å². The van der Waals surface area contributed by atoms with Crippen LogP contribution >= 0.6 is 11.6 Å². The summed E-state index contributed by atoms with van der Waals surface area (Å²) in [5, 5.41) is 0.713. The molecule has 0 saturated heterocycles. The lowest BCUT2D eigenvalue weighted by molar-refractivity contribution is 0.959. The molecule has 0 aliphatic carbocycles. The number of hydrogen-bond donors (Lipinski definition) is 1. The molecule has 0 saturated carbocycles. The van der Waals surface area contributed by atoms with E-state index in [1.165, 1.54) is 0 Å². The Morgan fingerprint density at radius 1 is 1.17 bits per heavy atom. The van der Waals surface area contributed by atoms with E-state index in [9.17, 15) is 0 Å². The number of nitrogens with two attached hydrogens (primary N) is 1. The van der Waals surface area contributed by atoms with Crippen LogP contribution in [0.2, 0.25) is 5.02 Å². The number of aromatic nitrogens is 2. The topological polar surface area (TPSA) is 43.8 Å². The van der Waals surface area contributed by atoms with Gasteiger partial charge in [-0.2, -0.15) is 0 Å². The van der Waals surface area contributed by atoms with E-state index in [4.69, 9.17) is 17.3 Å². The molecule has 0 bridgehead atoms. The monoisotopic (exact) mass is 257 g/mol. The number of halogens is 1. The van der Waals surface area contributed by atoms with Gasteiger partial charge in [-0.15, -0.1) is 0 Å². The molecular weight excluding hydrogens is 246 g/mol. The second-order valence-electron chi connectivity index (χ2n) is 4.25. The minimum absolute atomic E-state index is 0.713. The lowest BCUT2D eigenvalue weighted by Crippen LogP contribution is -1.93. The Bertz CT molecular complexity index is 731. The highest BCUT2D eigenvalue weighted by molar-refractivity contribution is 6.31.